The summed E-state index contributed by atoms with van der Waals surface area (Å²) in [7, 11) is -3.72. The first-order chi connectivity index (χ1) is 13.3. The number of hydrogen-bond donors (Lipinski definition) is 3. The van der Waals surface area contributed by atoms with Crippen LogP contribution in [-0.4, -0.2) is 46.7 Å². The van der Waals surface area contributed by atoms with Crippen molar-refractivity contribution >= 4 is 38.5 Å². The van der Waals surface area contributed by atoms with Crippen molar-refractivity contribution in [1.82, 2.24) is 15.2 Å². The number of benzene rings is 1. The molecule has 1 unspecified atom stereocenters. The zero-order valence-corrected chi connectivity index (χ0v) is 17.1. The van der Waals surface area contributed by atoms with Gasteiger partial charge in [-0.3, -0.25) is 5.10 Å². The molecule has 0 spiro atoms. The van der Waals surface area contributed by atoms with Crippen molar-refractivity contribution in [3.05, 3.63) is 54.2 Å². The van der Waals surface area contributed by atoms with E-state index in [4.69, 9.17) is 0 Å². The van der Waals surface area contributed by atoms with Gasteiger partial charge in [-0.25, -0.2) is 13.4 Å². The Hall–Kier alpha value is -2.56. The molecule has 1 atom stereocenters. The maximum Gasteiger partial charge on any atom is 0.206 e. The van der Waals surface area contributed by atoms with E-state index >= 15 is 0 Å². The number of hydrogen-bond acceptors (Lipinski definition) is 7. The molecule has 0 aliphatic rings. The van der Waals surface area contributed by atoms with Crippen molar-refractivity contribution in [2.24, 2.45) is 0 Å². The van der Waals surface area contributed by atoms with E-state index < -0.39 is 21.0 Å². The van der Waals surface area contributed by atoms with E-state index in [-0.39, 0.29) is 9.79 Å². The summed E-state index contributed by atoms with van der Waals surface area (Å²) in [5.41, 5.74) is 0.860. The summed E-state index contributed by atoms with van der Waals surface area (Å²) in [6, 6.07) is 12.9. The van der Waals surface area contributed by atoms with Crippen molar-refractivity contribution in [3.63, 3.8) is 0 Å². The Morgan fingerprint density at radius 1 is 1.07 bits per heavy atom. The summed E-state index contributed by atoms with van der Waals surface area (Å²) in [5, 5.41) is 12.9. The third-order valence-electron chi connectivity index (χ3n) is 3.82. The Labute approximate surface area is 166 Å². The van der Waals surface area contributed by atoms with Gasteiger partial charge in [-0.05, 0) is 25.1 Å². The summed E-state index contributed by atoms with van der Waals surface area (Å²) in [5.74, 6) is 1.67. The molecule has 3 rings (SSSR count). The van der Waals surface area contributed by atoms with Crippen molar-refractivity contribution in [2.45, 2.75) is 16.7 Å². The van der Waals surface area contributed by atoms with Gasteiger partial charge in [0.15, 0.2) is 5.82 Å². The van der Waals surface area contributed by atoms with Gasteiger partial charge >= 0.3 is 0 Å². The normalized spacial score (nSPS) is 12.5. The molecule has 148 valence electrons. The molecule has 0 radical (unpaired) electrons. The largest absolute Gasteiger partial charge is 0.617 e. The van der Waals surface area contributed by atoms with E-state index in [1.807, 2.05) is 6.92 Å². The number of pyridine rings is 1. The minimum Gasteiger partial charge on any atom is -0.617 e. The number of sulfone groups is 1. The third-order valence-corrected chi connectivity index (χ3v) is 6.35. The first-order valence-electron chi connectivity index (χ1n) is 8.50. The number of H-pyrrole nitrogens is 1. The molecule has 0 bridgehead atoms. The highest BCUT2D eigenvalue weighted by Crippen LogP contribution is 2.26. The van der Waals surface area contributed by atoms with Crippen LogP contribution in [-0.2, 0) is 21.0 Å². The van der Waals surface area contributed by atoms with Crippen molar-refractivity contribution < 1.29 is 13.0 Å². The van der Waals surface area contributed by atoms with Gasteiger partial charge in [0.25, 0.3) is 0 Å². The molecule has 1 aromatic carbocycles. The highest BCUT2D eigenvalue weighted by Gasteiger charge is 2.20. The van der Waals surface area contributed by atoms with Gasteiger partial charge in [-0.1, -0.05) is 29.4 Å². The lowest BCUT2D eigenvalue weighted by Crippen LogP contribution is -2.15. The van der Waals surface area contributed by atoms with E-state index in [1.54, 1.807) is 42.7 Å². The average molecular weight is 420 g/mol. The van der Waals surface area contributed by atoms with Crippen LogP contribution in [0.4, 0.5) is 17.5 Å². The Bertz CT molecular complexity index is 1040. The van der Waals surface area contributed by atoms with Crippen LogP contribution in [0, 0.1) is 6.92 Å². The summed E-state index contributed by atoms with van der Waals surface area (Å²) in [6.07, 6.45) is 1.61. The van der Waals surface area contributed by atoms with Gasteiger partial charge in [0.05, 0.1) is 22.6 Å². The highest BCUT2D eigenvalue weighted by atomic mass is 32.2. The molecule has 10 heteroatoms. The Morgan fingerprint density at radius 2 is 1.79 bits per heavy atom. The Kier molecular flexibility index (Phi) is 6.22. The molecule has 3 N–H and O–H groups in total. The highest BCUT2D eigenvalue weighted by molar-refractivity contribution is 7.91. The number of aromatic nitrogens is 3. The van der Waals surface area contributed by atoms with Gasteiger partial charge in [0.1, 0.15) is 17.4 Å². The first-order valence-corrected chi connectivity index (χ1v) is 11.7. The van der Waals surface area contributed by atoms with Crippen molar-refractivity contribution in [1.29, 1.82) is 0 Å². The maximum absolute atomic E-state index is 13.0. The van der Waals surface area contributed by atoms with Gasteiger partial charge in [-0.15, -0.1) is 0 Å². The number of aryl methyl sites for hydroxylation is 1. The van der Waals surface area contributed by atoms with E-state index in [0.29, 0.717) is 29.8 Å². The van der Waals surface area contributed by atoms with E-state index in [1.165, 1.54) is 12.1 Å². The molecule has 2 heterocycles. The van der Waals surface area contributed by atoms with Gasteiger partial charge in [0, 0.05) is 17.8 Å². The van der Waals surface area contributed by atoms with Gasteiger partial charge < -0.3 is 15.2 Å². The lowest BCUT2D eigenvalue weighted by Gasteiger charge is -2.12. The molecule has 3 aromatic rings. The number of anilines is 3. The molecular formula is C18H21N5O3S2. The zero-order valence-electron chi connectivity index (χ0n) is 15.5. The average Bonchev–Trinajstić information content (AvgIpc) is 3.06. The third kappa shape index (κ3) is 5.03. The quantitative estimate of drug-likeness (QED) is 0.479. The topological polar surface area (TPSA) is 123 Å². The maximum atomic E-state index is 13.0. The van der Waals surface area contributed by atoms with Gasteiger partial charge in [-0.2, -0.15) is 5.10 Å². The van der Waals surface area contributed by atoms with Crippen LogP contribution in [0.2, 0.25) is 0 Å². The van der Waals surface area contributed by atoms with E-state index in [9.17, 15) is 13.0 Å². The van der Waals surface area contributed by atoms with Gasteiger partial charge in [0.2, 0.25) is 9.84 Å². The standard InChI is InChI=1S/C18H21N5O3S2/c1-13-10-18(23-22-13)21-17-12-15(11-16(20-17)19-8-9-27(2)24)28(25,26)14-6-4-3-5-7-14/h3-7,10-12H,8-9H2,1-2H3,(H3,19,20,21,22,23). The fourth-order valence-corrected chi connectivity index (χ4v) is 4.20. The predicted molar refractivity (Wildman–Crippen MR) is 110 cm³/mol. The van der Waals surface area contributed by atoms with Crippen LogP contribution in [0.15, 0.2) is 58.3 Å². The van der Waals surface area contributed by atoms with E-state index in [0.717, 1.165) is 5.69 Å². The molecule has 0 amide bonds. The van der Waals surface area contributed by atoms with Crippen molar-refractivity contribution in [2.75, 3.05) is 29.2 Å². The van der Waals surface area contributed by atoms with Crippen LogP contribution < -0.4 is 10.6 Å². The summed E-state index contributed by atoms with van der Waals surface area (Å²) in [4.78, 5) is 4.70. The number of aromatic amines is 1. The monoisotopic (exact) mass is 419 g/mol. The van der Waals surface area contributed by atoms with Crippen LogP contribution in [0.1, 0.15) is 5.69 Å². The Morgan fingerprint density at radius 3 is 2.43 bits per heavy atom. The van der Waals surface area contributed by atoms with Crippen molar-refractivity contribution in [3.8, 4) is 0 Å². The lowest BCUT2D eigenvalue weighted by atomic mass is 10.4. The smallest absolute Gasteiger partial charge is 0.206 e. The minimum absolute atomic E-state index is 0.101. The number of nitrogens with zero attached hydrogens (tertiary/aromatic N) is 2. The molecular weight excluding hydrogens is 398 g/mol. The molecule has 0 aliphatic heterocycles. The number of rotatable bonds is 8. The molecule has 28 heavy (non-hydrogen) atoms. The lowest BCUT2D eigenvalue weighted by molar-refractivity contribution is 0.595. The second kappa shape index (κ2) is 8.63. The van der Waals surface area contributed by atoms with E-state index in [2.05, 4.69) is 25.8 Å². The summed E-state index contributed by atoms with van der Waals surface area (Å²) >= 11 is -0.964. The summed E-state index contributed by atoms with van der Waals surface area (Å²) < 4.78 is 37.3. The van der Waals surface area contributed by atoms with Crippen LogP contribution in [0.3, 0.4) is 0 Å². The summed E-state index contributed by atoms with van der Waals surface area (Å²) in [6.45, 7) is 2.27. The molecule has 0 fully saturated rings. The fourth-order valence-electron chi connectivity index (χ4n) is 2.49. The van der Waals surface area contributed by atoms with Crippen LogP contribution in [0.5, 0.6) is 0 Å². The first kappa shape index (κ1) is 20.2. The minimum atomic E-state index is -3.72. The van der Waals surface area contributed by atoms with Crippen LogP contribution >= 0.6 is 0 Å². The fraction of sp³-hybridized carbons (Fsp3) is 0.222. The van der Waals surface area contributed by atoms with Crippen LogP contribution in [0.25, 0.3) is 0 Å². The molecule has 0 aliphatic carbocycles. The zero-order chi connectivity index (χ0) is 20.1. The number of nitrogens with one attached hydrogen (secondary N) is 3. The second-order valence-corrected chi connectivity index (χ2v) is 9.66. The predicted octanol–water partition coefficient (Wildman–Crippen LogP) is 2.48. The molecule has 0 saturated heterocycles. The molecule has 8 nitrogen and oxygen atoms in total. The second-order valence-electron chi connectivity index (χ2n) is 6.16. The SMILES string of the molecule is Cc1cc(Nc2cc(S(=O)(=O)c3ccccc3)cc(NCC[S+](C)[O-])n2)n[nH]1. The molecule has 0 saturated carbocycles. The Balaban J connectivity index is 1.96. The molecule has 2 aromatic heterocycles.